The van der Waals surface area contributed by atoms with Crippen LogP contribution in [0.4, 0.5) is 0 Å². The molecule has 0 spiro atoms. The summed E-state index contributed by atoms with van der Waals surface area (Å²) >= 11 is 6.03. The van der Waals surface area contributed by atoms with E-state index in [2.05, 4.69) is 5.32 Å². The summed E-state index contributed by atoms with van der Waals surface area (Å²) < 4.78 is 10.8. The molecule has 2 unspecified atom stereocenters. The van der Waals surface area contributed by atoms with E-state index in [1.165, 1.54) is 0 Å². The lowest BCUT2D eigenvalue weighted by Gasteiger charge is -2.10. The smallest absolute Gasteiger partial charge is 0.242 e. The molecule has 17 heavy (non-hydrogen) atoms. The number of nitrogens with one attached hydrogen (secondary N) is 1. The number of benzene rings is 1. The Labute approximate surface area is 109 Å². The molecule has 0 heterocycles. The minimum Gasteiger partial charge on any atom is -0.354 e. The number of rotatable bonds is 6. The first-order valence-corrected chi connectivity index (χ1v) is 7.54. The first kappa shape index (κ1) is 14.2. The third kappa shape index (κ3) is 5.33. The third-order valence-corrected chi connectivity index (χ3v) is 3.54. The highest BCUT2D eigenvalue weighted by atomic mass is 35.5. The van der Waals surface area contributed by atoms with Crippen molar-refractivity contribution in [2.75, 3.05) is 18.6 Å². The molecule has 0 aliphatic carbocycles. The van der Waals surface area contributed by atoms with Crippen LogP contribution in [0.5, 0.6) is 0 Å². The number of halogens is 1. The maximum Gasteiger partial charge on any atom is 0.242 e. The summed E-state index contributed by atoms with van der Waals surface area (Å²) in [6.07, 6.45) is 2.35. The van der Waals surface area contributed by atoms with Crippen molar-refractivity contribution in [1.82, 2.24) is 5.32 Å². The molecule has 0 radical (unpaired) electrons. The summed E-state index contributed by atoms with van der Waals surface area (Å²) in [4.78, 5) is 11.7. The maximum absolute atomic E-state index is 11.7. The summed E-state index contributed by atoms with van der Waals surface area (Å²) in [5, 5.41) is 2.07. The molecule has 1 aromatic carbocycles. The Bertz CT molecular complexity index is 383. The normalized spacial score (nSPS) is 14.0. The predicted octanol–water partition coefficient (Wildman–Crippen LogP) is 1.85. The van der Waals surface area contributed by atoms with E-state index in [0.29, 0.717) is 18.7 Å². The second-order valence-corrected chi connectivity index (χ2v) is 5.69. The molecule has 5 heteroatoms. The Kier molecular flexibility index (Phi) is 6.22. The Hall–Kier alpha value is -0.870. The minimum atomic E-state index is -0.811. The van der Waals surface area contributed by atoms with Crippen LogP contribution in [0.15, 0.2) is 30.3 Å². The summed E-state index contributed by atoms with van der Waals surface area (Å²) in [5.41, 5.74) is 0.783. The topological polar surface area (TPSA) is 46.2 Å². The van der Waals surface area contributed by atoms with E-state index < -0.39 is 16.2 Å². The summed E-state index contributed by atoms with van der Waals surface area (Å²) in [6, 6.07) is 9.20. The van der Waals surface area contributed by atoms with Crippen LogP contribution in [0.2, 0.25) is 0 Å². The third-order valence-electron chi connectivity index (χ3n) is 2.23. The van der Waals surface area contributed by atoms with Crippen LogP contribution in [0, 0.1) is 0 Å². The fourth-order valence-electron chi connectivity index (χ4n) is 1.35. The molecule has 0 aliphatic rings. The second kappa shape index (κ2) is 7.45. The van der Waals surface area contributed by atoms with Crippen LogP contribution in [0.3, 0.4) is 0 Å². The molecule has 0 bridgehead atoms. The van der Waals surface area contributed by atoms with Gasteiger partial charge in [0.05, 0.1) is 0 Å². The average molecular weight is 274 g/mol. The van der Waals surface area contributed by atoms with Crippen LogP contribution in [-0.4, -0.2) is 28.7 Å². The Morgan fingerprint density at radius 3 is 2.65 bits per heavy atom. The molecule has 1 N–H and O–H groups in total. The van der Waals surface area contributed by atoms with Crippen LogP contribution in [-0.2, 0) is 15.6 Å². The molecule has 0 saturated carbocycles. The Morgan fingerprint density at radius 2 is 2.06 bits per heavy atom. The lowest BCUT2D eigenvalue weighted by molar-refractivity contribution is -0.120. The van der Waals surface area contributed by atoms with Crippen LogP contribution in [0.25, 0.3) is 0 Å². The van der Waals surface area contributed by atoms with E-state index in [1.807, 2.05) is 30.3 Å². The molecule has 94 valence electrons. The number of alkyl halides is 1. The van der Waals surface area contributed by atoms with Crippen LogP contribution < -0.4 is 5.32 Å². The molecule has 0 aliphatic heterocycles. The molecule has 1 amide bonds. The van der Waals surface area contributed by atoms with E-state index in [9.17, 15) is 9.00 Å². The number of carbonyl (C=O) groups excluding carboxylic acids is 1. The van der Waals surface area contributed by atoms with Gasteiger partial charge in [-0.3, -0.25) is 9.00 Å². The average Bonchev–Trinajstić information content (AvgIpc) is 2.34. The maximum atomic E-state index is 11.7. The SMILES string of the molecule is CS(=O)CCCNC(=O)C(Cl)c1ccccc1. The molecule has 0 fully saturated rings. The first-order chi connectivity index (χ1) is 8.11. The Morgan fingerprint density at radius 1 is 1.41 bits per heavy atom. The standard InChI is InChI=1S/C12H16ClNO2S/c1-17(16)9-5-8-14-12(15)11(13)10-6-3-2-4-7-10/h2-4,6-7,11H,5,8-9H2,1H3,(H,14,15). The molecule has 1 rings (SSSR count). The van der Waals surface area contributed by atoms with E-state index in [4.69, 9.17) is 11.6 Å². The zero-order chi connectivity index (χ0) is 12.7. The van der Waals surface area contributed by atoms with Gasteiger partial charge in [-0.15, -0.1) is 11.6 Å². The minimum absolute atomic E-state index is 0.209. The van der Waals surface area contributed by atoms with Gasteiger partial charge < -0.3 is 5.32 Å². The Balaban J connectivity index is 2.35. The van der Waals surface area contributed by atoms with Gasteiger partial charge in [0.1, 0.15) is 5.38 Å². The lowest BCUT2D eigenvalue weighted by Crippen LogP contribution is -2.28. The van der Waals surface area contributed by atoms with Crippen molar-refractivity contribution in [2.45, 2.75) is 11.8 Å². The molecule has 2 atom stereocenters. The molecular formula is C12H16ClNO2S. The molecular weight excluding hydrogens is 258 g/mol. The van der Waals surface area contributed by atoms with Crippen molar-refractivity contribution in [3.05, 3.63) is 35.9 Å². The lowest BCUT2D eigenvalue weighted by atomic mass is 10.1. The zero-order valence-electron chi connectivity index (χ0n) is 9.69. The highest BCUT2D eigenvalue weighted by molar-refractivity contribution is 7.84. The summed E-state index contributed by atoms with van der Waals surface area (Å²) in [7, 11) is -0.811. The van der Waals surface area contributed by atoms with Crippen LogP contribution in [0.1, 0.15) is 17.4 Å². The van der Waals surface area contributed by atoms with Gasteiger partial charge in [-0.1, -0.05) is 30.3 Å². The van der Waals surface area contributed by atoms with E-state index >= 15 is 0 Å². The van der Waals surface area contributed by atoms with Crippen molar-refractivity contribution in [1.29, 1.82) is 0 Å². The van der Waals surface area contributed by atoms with Crippen molar-refractivity contribution >= 4 is 28.3 Å². The largest absolute Gasteiger partial charge is 0.354 e. The number of hydrogen-bond donors (Lipinski definition) is 1. The molecule has 3 nitrogen and oxygen atoms in total. The van der Waals surface area contributed by atoms with Crippen molar-refractivity contribution in [3.8, 4) is 0 Å². The van der Waals surface area contributed by atoms with Gasteiger partial charge in [0.2, 0.25) is 5.91 Å². The molecule has 0 aromatic heterocycles. The number of hydrogen-bond acceptors (Lipinski definition) is 2. The number of carbonyl (C=O) groups is 1. The van der Waals surface area contributed by atoms with Crippen molar-refractivity contribution < 1.29 is 9.00 Å². The van der Waals surface area contributed by atoms with E-state index in [1.54, 1.807) is 6.26 Å². The van der Waals surface area contributed by atoms with Gasteiger partial charge in [-0.2, -0.15) is 0 Å². The van der Waals surface area contributed by atoms with Gasteiger partial charge in [0, 0.05) is 29.4 Å². The van der Waals surface area contributed by atoms with Gasteiger partial charge in [-0.25, -0.2) is 0 Å². The highest BCUT2D eigenvalue weighted by Gasteiger charge is 2.16. The zero-order valence-corrected chi connectivity index (χ0v) is 11.3. The van der Waals surface area contributed by atoms with Gasteiger partial charge in [0.15, 0.2) is 0 Å². The van der Waals surface area contributed by atoms with Gasteiger partial charge in [0.25, 0.3) is 0 Å². The molecule has 0 saturated heterocycles. The summed E-state index contributed by atoms with van der Waals surface area (Å²) in [6.45, 7) is 0.508. The van der Waals surface area contributed by atoms with E-state index in [0.717, 1.165) is 5.56 Å². The summed E-state index contributed by atoms with van der Waals surface area (Å²) in [5.74, 6) is 0.387. The second-order valence-electron chi connectivity index (χ2n) is 3.70. The fourth-order valence-corrected chi connectivity index (χ4v) is 2.12. The van der Waals surface area contributed by atoms with Crippen molar-refractivity contribution in [2.24, 2.45) is 0 Å². The van der Waals surface area contributed by atoms with Gasteiger partial charge in [-0.05, 0) is 12.0 Å². The van der Waals surface area contributed by atoms with Crippen molar-refractivity contribution in [3.63, 3.8) is 0 Å². The van der Waals surface area contributed by atoms with Crippen LogP contribution >= 0.6 is 11.6 Å². The van der Waals surface area contributed by atoms with Gasteiger partial charge >= 0.3 is 0 Å². The number of amides is 1. The van der Waals surface area contributed by atoms with E-state index in [-0.39, 0.29) is 5.91 Å². The first-order valence-electron chi connectivity index (χ1n) is 5.38. The fraction of sp³-hybridized carbons (Fsp3) is 0.417. The monoisotopic (exact) mass is 273 g/mol. The molecule has 1 aromatic rings. The quantitative estimate of drug-likeness (QED) is 0.635. The highest BCUT2D eigenvalue weighted by Crippen LogP contribution is 2.19. The predicted molar refractivity (Wildman–Crippen MR) is 71.6 cm³/mol.